The molecule has 0 spiro atoms. The first-order valence-corrected chi connectivity index (χ1v) is 14.3. The summed E-state index contributed by atoms with van der Waals surface area (Å²) in [6, 6.07) is 32.6. The van der Waals surface area contributed by atoms with Gasteiger partial charge in [0.2, 0.25) is 11.8 Å². The van der Waals surface area contributed by atoms with E-state index >= 15 is 0 Å². The highest BCUT2D eigenvalue weighted by Gasteiger charge is 2.33. The lowest BCUT2D eigenvalue weighted by atomic mass is 10.0. The molecule has 1 atom stereocenters. The molecular formula is C35H37N3O3. The molecule has 6 heteroatoms. The van der Waals surface area contributed by atoms with E-state index in [0.717, 1.165) is 30.5 Å². The molecule has 41 heavy (non-hydrogen) atoms. The molecule has 2 amide bonds. The molecule has 0 aliphatic carbocycles. The summed E-state index contributed by atoms with van der Waals surface area (Å²) in [5.74, 6) is 0.350. The molecule has 1 aliphatic heterocycles. The first-order valence-electron chi connectivity index (χ1n) is 14.3. The summed E-state index contributed by atoms with van der Waals surface area (Å²) in [5.41, 5.74) is 6.08. The molecule has 0 fully saturated rings. The van der Waals surface area contributed by atoms with Crippen LogP contribution in [-0.2, 0) is 29.0 Å². The number of anilines is 2. The van der Waals surface area contributed by atoms with Crippen LogP contribution in [0, 0.1) is 0 Å². The molecule has 0 bridgehead atoms. The van der Waals surface area contributed by atoms with Gasteiger partial charge < -0.3 is 15.0 Å². The van der Waals surface area contributed by atoms with Crippen LogP contribution in [0.25, 0.3) is 0 Å². The molecule has 1 aliphatic rings. The maximum absolute atomic E-state index is 14.2. The van der Waals surface area contributed by atoms with Gasteiger partial charge in [0.1, 0.15) is 11.8 Å². The van der Waals surface area contributed by atoms with Gasteiger partial charge in [-0.2, -0.15) is 0 Å². The van der Waals surface area contributed by atoms with E-state index in [2.05, 4.69) is 35.3 Å². The number of fused-ring (bicyclic) bond motifs is 1. The van der Waals surface area contributed by atoms with Crippen LogP contribution in [0.3, 0.4) is 0 Å². The molecule has 0 saturated heterocycles. The summed E-state index contributed by atoms with van der Waals surface area (Å²) >= 11 is 0. The SMILES string of the molecule is CCc1ccc(N(C(=O)CCN2CCc3ccccc32)C(C(=O)NCc2ccccc2)c2ccc(OC)cc2)cc1. The normalized spacial score (nSPS) is 12.9. The Morgan fingerprint density at radius 3 is 2.29 bits per heavy atom. The van der Waals surface area contributed by atoms with E-state index in [1.54, 1.807) is 12.0 Å². The third-order valence-corrected chi connectivity index (χ3v) is 7.72. The number of para-hydroxylation sites is 1. The summed E-state index contributed by atoms with van der Waals surface area (Å²) in [6.45, 7) is 3.94. The molecule has 1 heterocycles. The number of nitrogens with zero attached hydrogens (tertiary/aromatic N) is 2. The third kappa shape index (κ3) is 6.60. The second-order valence-electron chi connectivity index (χ2n) is 10.3. The summed E-state index contributed by atoms with van der Waals surface area (Å²) in [5, 5.41) is 3.09. The number of hydrogen-bond donors (Lipinski definition) is 1. The minimum absolute atomic E-state index is 0.102. The van der Waals surface area contributed by atoms with Gasteiger partial charge in [-0.25, -0.2) is 0 Å². The average Bonchev–Trinajstić information content (AvgIpc) is 3.45. The minimum Gasteiger partial charge on any atom is -0.497 e. The minimum atomic E-state index is -0.851. The monoisotopic (exact) mass is 547 g/mol. The lowest BCUT2D eigenvalue weighted by molar-refractivity contribution is -0.126. The zero-order valence-electron chi connectivity index (χ0n) is 23.8. The highest BCUT2D eigenvalue weighted by molar-refractivity contribution is 6.01. The van der Waals surface area contributed by atoms with Crippen molar-refractivity contribution in [1.29, 1.82) is 0 Å². The fraction of sp³-hybridized carbons (Fsp3) is 0.257. The van der Waals surface area contributed by atoms with E-state index in [-0.39, 0.29) is 18.2 Å². The van der Waals surface area contributed by atoms with Crippen LogP contribution in [0.5, 0.6) is 5.75 Å². The number of nitrogens with one attached hydrogen (secondary N) is 1. The van der Waals surface area contributed by atoms with Crippen LogP contribution in [0.15, 0.2) is 103 Å². The lowest BCUT2D eigenvalue weighted by Crippen LogP contribution is -2.44. The highest BCUT2D eigenvalue weighted by atomic mass is 16.5. The standard InChI is InChI=1S/C35H37N3O3/c1-3-26-13-17-30(18-14-26)38(33(39)22-24-37-23-21-28-11-7-8-12-32(28)37)34(29-15-19-31(41-2)20-16-29)35(40)36-25-27-9-5-4-6-10-27/h4-20,34H,3,21-25H2,1-2H3,(H,36,40). The molecule has 1 unspecified atom stereocenters. The summed E-state index contributed by atoms with van der Waals surface area (Å²) in [7, 11) is 1.61. The molecule has 6 nitrogen and oxygen atoms in total. The van der Waals surface area contributed by atoms with Crippen LogP contribution >= 0.6 is 0 Å². The number of hydrogen-bond acceptors (Lipinski definition) is 4. The van der Waals surface area contributed by atoms with Crippen molar-refractivity contribution in [3.05, 3.63) is 125 Å². The molecular weight excluding hydrogens is 510 g/mol. The number of aryl methyl sites for hydroxylation is 1. The van der Waals surface area contributed by atoms with Crippen molar-refractivity contribution in [2.75, 3.05) is 30.0 Å². The van der Waals surface area contributed by atoms with Gasteiger partial charge in [0.05, 0.1) is 7.11 Å². The van der Waals surface area contributed by atoms with Crippen molar-refractivity contribution >= 4 is 23.2 Å². The largest absolute Gasteiger partial charge is 0.497 e. The van der Waals surface area contributed by atoms with Crippen LogP contribution in [0.1, 0.15) is 41.6 Å². The number of ether oxygens (including phenoxy) is 1. The van der Waals surface area contributed by atoms with E-state index in [4.69, 9.17) is 4.74 Å². The van der Waals surface area contributed by atoms with Gasteiger partial charge in [0.15, 0.2) is 0 Å². The lowest BCUT2D eigenvalue weighted by Gasteiger charge is -2.32. The summed E-state index contributed by atoms with van der Waals surface area (Å²) in [4.78, 5) is 32.1. The first kappa shape index (κ1) is 28.0. The predicted octanol–water partition coefficient (Wildman–Crippen LogP) is 6.10. The van der Waals surface area contributed by atoms with Gasteiger partial charge in [0, 0.05) is 37.4 Å². The molecule has 0 aromatic heterocycles. The number of benzene rings is 4. The second-order valence-corrected chi connectivity index (χ2v) is 10.3. The van der Waals surface area contributed by atoms with Crippen molar-refractivity contribution in [3.8, 4) is 5.75 Å². The molecule has 0 saturated carbocycles. The Labute approximate surface area is 242 Å². The van der Waals surface area contributed by atoms with Crippen molar-refractivity contribution in [3.63, 3.8) is 0 Å². The van der Waals surface area contributed by atoms with Crippen molar-refractivity contribution in [1.82, 2.24) is 5.32 Å². The fourth-order valence-corrected chi connectivity index (χ4v) is 5.40. The van der Waals surface area contributed by atoms with Gasteiger partial charge in [-0.1, -0.05) is 79.7 Å². The maximum atomic E-state index is 14.2. The van der Waals surface area contributed by atoms with Gasteiger partial charge in [-0.05, 0) is 65.4 Å². The molecule has 210 valence electrons. The van der Waals surface area contributed by atoms with E-state index in [0.29, 0.717) is 24.5 Å². The Morgan fingerprint density at radius 1 is 0.878 bits per heavy atom. The van der Waals surface area contributed by atoms with Crippen molar-refractivity contribution in [2.45, 2.75) is 38.8 Å². The first-order chi connectivity index (χ1) is 20.1. The molecule has 1 N–H and O–H groups in total. The number of carbonyl (C=O) groups is 2. The summed E-state index contributed by atoms with van der Waals surface area (Å²) < 4.78 is 5.37. The van der Waals surface area contributed by atoms with Crippen LogP contribution in [0.4, 0.5) is 11.4 Å². The van der Waals surface area contributed by atoms with Gasteiger partial charge in [-0.15, -0.1) is 0 Å². The smallest absolute Gasteiger partial charge is 0.248 e. The predicted molar refractivity (Wildman–Crippen MR) is 164 cm³/mol. The zero-order chi connectivity index (χ0) is 28.6. The second kappa shape index (κ2) is 13.2. The topological polar surface area (TPSA) is 61.9 Å². The number of amides is 2. The van der Waals surface area contributed by atoms with Crippen LogP contribution in [-0.4, -0.2) is 32.0 Å². The maximum Gasteiger partial charge on any atom is 0.248 e. The third-order valence-electron chi connectivity index (χ3n) is 7.72. The van der Waals surface area contributed by atoms with Gasteiger partial charge in [-0.3, -0.25) is 14.5 Å². The quantitative estimate of drug-likeness (QED) is 0.246. The van der Waals surface area contributed by atoms with Crippen LogP contribution < -0.4 is 19.9 Å². The van der Waals surface area contributed by atoms with Crippen molar-refractivity contribution in [2.24, 2.45) is 0 Å². The van der Waals surface area contributed by atoms with Crippen molar-refractivity contribution < 1.29 is 14.3 Å². The van der Waals surface area contributed by atoms with E-state index in [1.165, 1.54) is 16.8 Å². The van der Waals surface area contributed by atoms with Gasteiger partial charge in [0.25, 0.3) is 0 Å². The molecule has 5 rings (SSSR count). The summed E-state index contributed by atoms with van der Waals surface area (Å²) in [6.07, 6.45) is 2.15. The highest BCUT2D eigenvalue weighted by Crippen LogP contribution is 2.32. The number of carbonyl (C=O) groups excluding carboxylic acids is 2. The van der Waals surface area contributed by atoms with E-state index in [9.17, 15) is 9.59 Å². The fourth-order valence-electron chi connectivity index (χ4n) is 5.40. The Kier molecular flexibility index (Phi) is 8.99. The van der Waals surface area contributed by atoms with E-state index < -0.39 is 6.04 Å². The van der Waals surface area contributed by atoms with Crippen LogP contribution in [0.2, 0.25) is 0 Å². The Bertz CT molecular complexity index is 1450. The number of methoxy groups -OCH3 is 1. The average molecular weight is 548 g/mol. The Balaban J connectivity index is 1.47. The number of rotatable bonds is 11. The zero-order valence-corrected chi connectivity index (χ0v) is 23.8. The van der Waals surface area contributed by atoms with Gasteiger partial charge >= 0.3 is 0 Å². The van der Waals surface area contributed by atoms with E-state index in [1.807, 2.05) is 84.9 Å². The molecule has 0 radical (unpaired) electrons. The Hall–Kier alpha value is -4.58. The molecule has 4 aromatic carbocycles. The molecule has 4 aromatic rings. The Morgan fingerprint density at radius 2 is 1.59 bits per heavy atom.